The van der Waals surface area contributed by atoms with E-state index in [9.17, 15) is 14.0 Å². The summed E-state index contributed by atoms with van der Waals surface area (Å²) >= 11 is 2.38. The normalized spacial score (nSPS) is 14.7. The average Bonchev–Trinajstić information content (AvgIpc) is 3.31. The smallest absolute Gasteiger partial charge is 0.286 e. The van der Waals surface area contributed by atoms with Crippen LogP contribution < -0.4 is 10.6 Å². The molecule has 3 aromatic rings. The number of hydrogen-bond acceptors (Lipinski definition) is 7. The van der Waals surface area contributed by atoms with Gasteiger partial charge in [-0.15, -0.1) is 10.2 Å². The van der Waals surface area contributed by atoms with Crippen molar-refractivity contribution < 1.29 is 14.0 Å². The summed E-state index contributed by atoms with van der Waals surface area (Å²) in [7, 11) is 0. The van der Waals surface area contributed by atoms with Crippen molar-refractivity contribution in [1.82, 2.24) is 20.4 Å². The lowest BCUT2D eigenvalue weighted by Crippen LogP contribution is -2.44. The number of carbonyl (C=O) groups is 2. The Morgan fingerprint density at radius 2 is 1.79 bits per heavy atom. The van der Waals surface area contributed by atoms with E-state index in [0.717, 1.165) is 43.8 Å². The largest absolute Gasteiger partial charge is 0.353 e. The molecule has 0 unspecified atom stereocenters. The molecule has 0 aliphatic carbocycles. The molecule has 2 aromatic carbocycles. The molecule has 0 spiro atoms. The van der Waals surface area contributed by atoms with Crippen LogP contribution in [0.1, 0.15) is 28.2 Å². The lowest BCUT2D eigenvalue weighted by Gasteiger charge is -2.32. The summed E-state index contributed by atoms with van der Waals surface area (Å²) in [5.74, 6) is -0.622. The number of nitrogens with zero attached hydrogens (tertiary/aromatic N) is 3. The highest BCUT2D eigenvalue weighted by atomic mass is 32.2. The molecule has 0 radical (unpaired) electrons. The fourth-order valence-corrected chi connectivity index (χ4v) is 5.11. The van der Waals surface area contributed by atoms with Gasteiger partial charge in [-0.3, -0.25) is 14.5 Å². The highest BCUT2D eigenvalue weighted by Gasteiger charge is 2.21. The molecular formula is C23H24FN5O2S2. The maximum atomic E-state index is 13.0. The van der Waals surface area contributed by atoms with Crippen molar-refractivity contribution in [3.63, 3.8) is 0 Å². The van der Waals surface area contributed by atoms with E-state index >= 15 is 0 Å². The number of piperidine rings is 1. The summed E-state index contributed by atoms with van der Waals surface area (Å²) in [6, 6.07) is 16.1. The number of carbonyl (C=O) groups excluding carboxylic acids is 2. The molecule has 10 heteroatoms. The van der Waals surface area contributed by atoms with Gasteiger partial charge in [0.25, 0.3) is 5.91 Å². The predicted molar refractivity (Wildman–Crippen MR) is 128 cm³/mol. The number of thioether (sulfide) groups is 1. The van der Waals surface area contributed by atoms with Crippen LogP contribution in [-0.4, -0.2) is 51.8 Å². The second-order valence-corrected chi connectivity index (χ2v) is 9.93. The molecule has 1 aliphatic heterocycles. The Hall–Kier alpha value is -2.82. The van der Waals surface area contributed by atoms with Gasteiger partial charge < -0.3 is 10.6 Å². The molecule has 2 N–H and O–H groups in total. The number of nitrogens with one attached hydrogen (secondary N) is 2. The zero-order valence-corrected chi connectivity index (χ0v) is 19.5. The van der Waals surface area contributed by atoms with Gasteiger partial charge in [-0.05, 0) is 42.7 Å². The van der Waals surface area contributed by atoms with Crippen LogP contribution in [0.5, 0.6) is 0 Å². The molecule has 1 fully saturated rings. The fourth-order valence-electron chi connectivity index (χ4n) is 3.55. The van der Waals surface area contributed by atoms with Gasteiger partial charge in [0.15, 0.2) is 4.34 Å². The average molecular weight is 486 g/mol. The zero-order valence-electron chi connectivity index (χ0n) is 17.9. The molecule has 2 amide bonds. The van der Waals surface area contributed by atoms with E-state index in [1.165, 1.54) is 41.6 Å². The van der Waals surface area contributed by atoms with Crippen LogP contribution in [0, 0.1) is 5.82 Å². The minimum atomic E-state index is -0.419. The molecule has 4 rings (SSSR count). The number of anilines is 1. The van der Waals surface area contributed by atoms with Gasteiger partial charge in [-0.1, -0.05) is 53.4 Å². The van der Waals surface area contributed by atoms with Crippen molar-refractivity contribution in [2.75, 3.05) is 24.2 Å². The van der Waals surface area contributed by atoms with E-state index in [1.807, 2.05) is 6.07 Å². The lowest BCUT2D eigenvalue weighted by molar-refractivity contribution is -0.119. The molecule has 172 valence electrons. The van der Waals surface area contributed by atoms with Crippen LogP contribution in [0.4, 0.5) is 10.1 Å². The predicted octanol–water partition coefficient (Wildman–Crippen LogP) is 3.80. The molecule has 0 bridgehead atoms. The lowest BCUT2D eigenvalue weighted by atomic mass is 10.0. The molecule has 7 nitrogen and oxygen atoms in total. The van der Waals surface area contributed by atoms with Crippen LogP contribution in [0.2, 0.25) is 0 Å². The van der Waals surface area contributed by atoms with Gasteiger partial charge in [0, 0.05) is 31.4 Å². The first-order valence-electron chi connectivity index (χ1n) is 10.6. The van der Waals surface area contributed by atoms with Crippen molar-refractivity contribution >= 4 is 40.6 Å². The van der Waals surface area contributed by atoms with Gasteiger partial charge in [-0.2, -0.15) is 0 Å². The Morgan fingerprint density at radius 3 is 2.52 bits per heavy atom. The molecule has 2 heterocycles. The Morgan fingerprint density at radius 1 is 1.06 bits per heavy atom. The number of benzene rings is 2. The number of likely N-dealkylation sites (tertiary alicyclic amines) is 1. The maximum Gasteiger partial charge on any atom is 0.286 e. The quantitative estimate of drug-likeness (QED) is 0.472. The third kappa shape index (κ3) is 7.08. The van der Waals surface area contributed by atoms with E-state index < -0.39 is 5.91 Å². The topological polar surface area (TPSA) is 87.2 Å². The summed E-state index contributed by atoms with van der Waals surface area (Å²) in [4.78, 5) is 27.0. The standard InChI is InChI=1S/C23H24FN5O2S2/c24-17-6-8-18(9-7-17)26-21(31)22-27-28-23(33-22)32-15-20(30)25-19-10-12-29(13-11-19)14-16-4-2-1-3-5-16/h1-9,19H,10-15H2,(H,25,30)(H,26,31). The first-order chi connectivity index (χ1) is 16.0. The van der Waals surface area contributed by atoms with Gasteiger partial charge in [0.2, 0.25) is 10.9 Å². The van der Waals surface area contributed by atoms with Crippen LogP contribution in [0.15, 0.2) is 58.9 Å². The number of rotatable bonds is 8. The number of hydrogen-bond donors (Lipinski definition) is 2. The van der Waals surface area contributed by atoms with Crippen LogP contribution in [0.25, 0.3) is 0 Å². The van der Waals surface area contributed by atoms with Gasteiger partial charge in [0.05, 0.1) is 5.75 Å². The van der Waals surface area contributed by atoms with Gasteiger partial charge >= 0.3 is 0 Å². The van der Waals surface area contributed by atoms with E-state index in [0.29, 0.717) is 10.0 Å². The first kappa shape index (κ1) is 23.3. The van der Waals surface area contributed by atoms with Gasteiger partial charge in [0.1, 0.15) is 5.82 Å². The van der Waals surface area contributed by atoms with Crippen LogP contribution in [-0.2, 0) is 11.3 Å². The summed E-state index contributed by atoms with van der Waals surface area (Å²) in [6.45, 7) is 2.84. The number of aromatic nitrogens is 2. The number of amides is 2. The second-order valence-electron chi connectivity index (χ2n) is 7.73. The second kappa shape index (κ2) is 11.4. The monoisotopic (exact) mass is 485 g/mol. The van der Waals surface area contributed by atoms with Crippen molar-refractivity contribution in [1.29, 1.82) is 0 Å². The zero-order chi connectivity index (χ0) is 23.0. The Kier molecular flexibility index (Phi) is 8.03. The summed E-state index contributed by atoms with van der Waals surface area (Å²) in [5, 5.41) is 13.8. The summed E-state index contributed by atoms with van der Waals surface area (Å²) in [6.07, 6.45) is 1.85. The first-order valence-corrected chi connectivity index (χ1v) is 12.4. The SMILES string of the molecule is O=C(CSc1nnc(C(=O)Nc2ccc(F)cc2)s1)NC1CCN(Cc2ccccc2)CC1. The molecular weight excluding hydrogens is 461 g/mol. The molecule has 0 saturated carbocycles. The van der Waals surface area contributed by atoms with Crippen LogP contribution in [0.3, 0.4) is 0 Å². The molecule has 1 aliphatic rings. The van der Waals surface area contributed by atoms with Crippen molar-refractivity contribution in [3.8, 4) is 0 Å². The molecule has 0 atom stereocenters. The third-order valence-electron chi connectivity index (χ3n) is 5.23. The molecule has 33 heavy (non-hydrogen) atoms. The van der Waals surface area contributed by atoms with Crippen LogP contribution >= 0.6 is 23.1 Å². The molecule has 1 saturated heterocycles. The highest BCUT2D eigenvalue weighted by Crippen LogP contribution is 2.23. The van der Waals surface area contributed by atoms with E-state index in [-0.39, 0.29) is 28.5 Å². The molecule has 1 aromatic heterocycles. The van der Waals surface area contributed by atoms with Crippen molar-refractivity contribution in [3.05, 3.63) is 71.0 Å². The Bertz CT molecular complexity index is 1070. The Labute approximate surface area is 199 Å². The van der Waals surface area contributed by atoms with Crippen molar-refractivity contribution in [2.45, 2.75) is 29.8 Å². The Balaban J connectivity index is 1.17. The summed E-state index contributed by atoms with van der Waals surface area (Å²) in [5.41, 5.74) is 1.78. The van der Waals surface area contributed by atoms with E-state index in [1.54, 1.807) is 0 Å². The maximum absolute atomic E-state index is 13.0. The van der Waals surface area contributed by atoms with Crippen molar-refractivity contribution in [2.24, 2.45) is 0 Å². The third-order valence-corrected chi connectivity index (χ3v) is 7.29. The number of halogens is 1. The van der Waals surface area contributed by atoms with Gasteiger partial charge in [-0.25, -0.2) is 4.39 Å². The minimum absolute atomic E-state index is 0.0472. The minimum Gasteiger partial charge on any atom is -0.353 e. The highest BCUT2D eigenvalue weighted by molar-refractivity contribution is 8.01. The fraction of sp³-hybridized carbons (Fsp3) is 0.304. The van der Waals surface area contributed by atoms with E-state index in [4.69, 9.17) is 0 Å². The van der Waals surface area contributed by atoms with E-state index in [2.05, 4.69) is 50.0 Å². The summed E-state index contributed by atoms with van der Waals surface area (Å²) < 4.78 is 13.5.